The van der Waals surface area contributed by atoms with Crippen LogP contribution >= 0.6 is 0 Å². The number of aryl methyl sites for hydroxylation is 1. The van der Waals surface area contributed by atoms with Crippen molar-refractivity contribution < 1.29 is 9.53 Å². The molecule has 3 aromatic rings. The number of aromatic nitrogens is 1. The number of hydrogen-bond donors (Lipinski definition) is 1. The highest BCUT2D eigenvalue weighted by Gasteiger charge is 2.19. The molecule has 2 aromatic carbocycles. The summed E-state index contributed by atoms with van der Waals surface area (Å²) in [6.45, 7) is 7.25. The summed E-state index contributed by atoms with van der Waals surface area (Å²) < 4.78 is 5.54. The number of carbonyl (C=O) groups excluding carboxylic acids is 1. The van der Waals surface area contributed by atoms with E-state index in [1.54, 1.807) is 0 Å². The molecule has 4 rings (SSSR count). The van der Waals surface area contributed by atoms with Crippen LogP contribution in [0.5, 0.6) is 0 Å². The Balaban J connectivity index is 1.39. The second-order valence-corrected chi connectivity index (χ2v) is 8.09. The molecular formula is C26H29N3O2. The maximum absolute atomic E-state index is 12.3. The molecule has 1 saturated heterocycles. The standard InChI is InChI=1S/C26H29N3O2/c1-19-14-23(15-26(30)28-16-21-6-4-3-5-7-21)27-17-25(19)22-8-10-24(11-9-22)29-12-13-31-18-20(29)2/h3-11,14,17,20H,12-13,15-16,18H2,1-2H3,(H,28,30)/t20-/m1/s1. The minimum Gasteiger partial charge on any atom is -0.377 e. The first kappa shape index (κ1) is 21.1. The predicted octanol–water partition coefficient (Wildman–Crippen LogP) is 4.14. The Morgan fingerprint density at radius 1 is 1.16 bits per heavy atom. The maximum Gasteiger partial charge on any atom is 0.226 e. The van der Waals surface area contributed by atoms with Crippen LogP contribution in [-0.2, 0) is 22.5 Å². The summed E-state index contributed by atoms with van der Waals surface area (Å²) in [7, 11) is 0. The van der Waals surface area contributed by atoms with Crippen molar-refractivity contribution in [3.8, 4) is 11.1 Å². The van der Waals surface area contributed by atoms with Crippen LogP contribution in [0.25, 0.3) is 11.1 Å². The minimum atomic E-state index is -0.0208. The number of rotatable bonds is 6. The summed E-state index contributed by atoms with van der Waals surface area (Å²) in [5.41, 5.74) is 6.44. The molecule has 5 heteroatoms. The molecule has 1 aromatic heterocycles. The third kappa shape index (κ3) is 5.30. The van der Waals surface area contributed by atoms with Gasteiger partial charge in [-0.25, -0.2) is 0 Å². The van der Waals surface area contributed by atoms with Crippen molar-refractivity contribution in [1.29, 1.82) is 0 Å². The summed E-state index contributed by atoms with van der Waals surface area (Å²) in [5, 5.41) is 2.96. The molecule has 0 aliphatic carbocycles. The number of pyridine rings is 1. The molecular weight excluding hydrogens is 386 g/mol. The second kappa shape index (κ2) is 9.75. The fraction of sp³-hybridized carbons (Fsp3) is 0.308. The van der Waals surface area contributed by atoms with Crippen molar-refractivity contribution in [2.75, 3.05) is 24.7 Å². The zero-order chi connectivity index (χ0) is 21.6. The number of amides is 1. The third-order valence-electron chi connectivity index (χ3n) is 5.72. The minimum absolute atomic E-state index is 0.0208. The molecule has 0 bridgehead atoms. The van der Waals surface area contributed by atoms with Crippen molar-refractivity contribution in [1.82, 2.24) is 10.3 Å². The van der Waals surface area contributed by atoms with Crippen molar-refractivity contribution in [2.24, 2.45) is 0 Å². The summed E-state index contributed by atoms with van der Waals surface area (Å²) in [4.78, 5) is 19.2. The lowest BCUT2D eigenvalue weighted by atomic mass is 10.0. The first-order chi connectivity index (χ1) is 15.1. The summed E-state index contributed by atoms with van der Waals surface area (Å²) in [6, 6.07) is 20.9. The predicted molar refractivity (Wildman–Crippen MR) is 124 cm³/mol. The van der Waals surface area contributed by atoms with Gasteiger partial charge in [0.1, 0.15) is 0 Å². The maximum atomic E-state index is 12.3. The van der Waals surface area contributed by atoms with Gasteiger partial charge in [0.15, 0.2) is 0 Å². The van der Waals surface area contributed by atoms with Gasteiger partial charge in [-0.3, -0.25) is 9.78 Å². The van der Waals surface area contributed by atoms with Gasteiger partial charge in [0, 0.05) is 42.3 Å². The monoisotopic (exact) mass is 415 g/mol. The molecule has 1 atom stereocenters. The number of ether oxygens (including phenoxy) is 1. The average Bonchev–Trinajstić information content (AvgIpc) is 2.79. The van der Waals surface area contributed by atoms with Crippen molar-refractivity contribution in [3.05, 3.63) is 83.7 Å². The summed E-state index contributed by atoms with van der Waals surface area (Å²) in [5.74, 6) is -0.0208. The molecule has 1 fully saturated rings. The first-order valence-corrected chi connectivity index (χ1v) is 10.8. The summed E-state index contributed by atoms with van der Waals surface area (Å²) in [6.07, 6.45) is 2.16. The molecule has 0 radical (unpaired) electrons. The van der Waals surface area contributed by atoms with Gasteiger partial charge in [-0.15, -0.1) is 0 Å². The van der Waals surface area contributed by atoms with Crippen LogP contribution in [0, 0.1) is 6.92 Å². The Kier molecular flexibility index (Phi) is 6.63. The van der Waals surface area contributed by atoms with Crippen LogP contribution in [0.1, 0.15) is 23.7 Å². The lowest BCUT2D eigenvalue weighted by Gasteiger charge is -2.35. The summed E-state index contributed by atoms with van der Waals surface area (Å²) >= 11 is 0. The number of hydrogen-bond acceptors (Lipinski definition) is 4. The molecule has 5 nitrogen and oxygen atoms in total. The van der Waals surface area contributed by atoms with Crippen LogP contribution in [0.4, 0.5) is 5.69 Å². The molecule has 2 heterocycles. The quantitative estimate of drug-likeness (QED) is 0.657. The van der Waals surface area contributed by atoms with Crippen LogP contribution < -0.4 is 10.2 Å². The molecule has 0 saturated carbocycles. The normalized spacial score (nSPS) is 16.2. The van der Waals surface area contributed by atoms with Crippen LogP contribution in [0.2, 0.25) is 0 Å². The topological polar surface area (TPSA) is 54.5 Å². The first-order valence-electron chi connectivity index (χ1n) is 10.8. The molecule has 160 valence electrons. The van der Waals surface area contributed by atoms with E-state index in [1.165, 1.54) is 5.69 Å². The fourth-order valence-corrected chi connectivity index (χ4v) is 3.98. The number of benzene rings is 2. The smallest absolute Gasteiger partial charge is 0.226 e. The molecule has 0 unspecified atom stereocenters. The Morgan fingerprint density at radius 3 is 2.65 bits per heavy atom. The Morgan fingerprint density at radius 2 is 1.94 bits per heavy atom. The lowest BCUT2D eigenvalue weighted by molar-refractivity contribution is -0.120. The van der Waals surface area contributed by atoms with E-state index in [4.69, 9.17) is 4.74 Å². The van der Waals surface area contributed by atoms with E-state index in [2.05, 4.69) is 53.3 Å². The van der Waals surface area contributed by atoms with E-state index in [9.17, 15) is 4.79 Å². The van der Waals surface area contributed by atoms with Gasteiger partial charge >= 0.3 is 0 Å². The largest absolute Gasteiger partial charge is 0.377 e. The number of anilines is 1. The van der Waals surface area contributed by atoms with Crippen LogP contribution in [-0.4, -0.2) is 36.7 Å². The van der Waals surface area contributed by atoms with Crippen molar-refractivity contribution in [2.45, 2.75) is 32.9 Å². The Labute approximate surface area is 184 Å². The number of nitrogens with zero attached hydrogens (tertiary/aromatic N) is 2. The van der Waals surface area contributed by atoms with E-state index >= 15 is 0 Å². The van der Waals surface area contributed by atoms with Gasteiger partial charge in [-0.2, -0.15) is 0 Å². The fourth-order valence-electron chi connectivity index (χ4n) is 3.98. The van der Waals surface area contributed by atoms with E-state index in [1.807, 2.05) is 42.6 Å². The molecule has 31 heavy (non-hydrogen) atoms. The highest BCUT2D eigenvalue weighted by atomic mass is 16.5. The zero-order valence-electron chi connectivity index (χ0n) is 18.2. The lowest BCUT2D eigenvalue weighted by Crippen LogP contribution is -2.43. The SMILES string of the molecule is Cc1cc(CC(=O)NCc2ccccc2)ncc1-c1ccc(N2CCOC[C@H]2C)cc1. The van der Waals surface area contributed by atoms with Gasteiger partial charge in [0.25, 0.3) is 0 Å². The third-order valence-corrected chi connectivity index (χ3v) is 5.72. The van der Waals surface area contributed by atoms with Gasteiger partial charge in [-0.1, -0.05) is 42.5 Å². The molecule has 1 N–H and O–H groups in total. The molecule has 1 amide bonds. The Bertz CT molecular complexity index is 1020. The van der Waals surface area contributed by atoms with Crippen LogP contribution in [0.3, 0.4) is 0 Å². The highest BCUT2D eigenvalue weighted by molar-refractivity contribution is 5.78. The van der Waals surface area contributed by atoms with Gasteiger partial charge in [0.05, 0.1) is 19.6 Å². The van der Waals surface area contributed by atoms with Gasteiger partial charge in [0.2, 0.25) is 5.91 Å². The Hall–Kier alpha value is -3.18. The van der Waals surface area contributed by atoms with E-state index in [-0.39, 0.29) is 12.3 Å². The second-order valence-electron chi connectivity index (χ2n) is 8.09. The number of morpholine rings is 1. The van der Waals surface area contributed by atoms with E-state index in [0.29, 0.717) is 12.6 Å². The van der Waals surface area contributed by atoms with Crippen molar-refractivity contribution >= 4 is 11.6 Å². The van der Waals surface area contributed by atoms with Crippen LogP contribution in [0.15, 0.2) is 66.9 Å². The zero-order valence-corrected chi connectivity index (χ0v) is 18.2. The van der Waals surface area contributed by atoms with Crippen molar-refractivity contribution in [3.63, 3.8) is 0 Å². The molecule has 0 spiro atoms. The molecule has 1 aliphatic heterocycles. The van der Waals surface area contributed by atoms with E-state index < -0.39 is 0 Å². The van der Waals surface area contributed by atoms with Gasteiger partial charge < -0.3 is 15.0 Å². The highest BCUT2D eigenvalue weighted by Crippen LogP contribution is 2.27. The average molecular weight is 416 g/mol. The number of carbonyl (C=O) groups is 1. The molecule has 1 aliphatic rings. The van der Waals surface area contributed by atoms with Gasteiger partial charge in [-0.05, 0) is 48.7 Å². The van der Waals surface area contributed by atoms with E-state index in [0.717, 1.165) is 47.7 Å². The number of nitrogens with one attached hydrogen (secondary N) is 1.